The van der Waals surface area contributed by atoms with Gasteiger partial charge in [-0.1, -0.05) is 23.8 Å². The summed E-state index contributed by atoms with van der Waals surface area (Å²) in [5.41, 5.74) is 6.41. The molecule has 0 heterocycles. The highest BCUT2D eigenvalue weighted by atomic mass is 32.2. The maximum Gasteiger partial charge on any atom is 0.269 e. The molecule has 2 rings (SSSR count). The number of rotatable bonds is 4. The van der Waals surface area contributed by atoms with Gasteiger partial charge >= 0.3 is 0 Å². The molecule has 25 heavy (non-hydrogen) atoms. The summed E-state index contributed by atoms with van der Waals surface area (Å²) in [4.78, 5) is 22.8. The maximum atomic E-state index is 12.6. The average Bonchev–Trinajstić information content (AvgIpc) is 2.54. The first-order valence-corrected chi connectivity index (χ1v) is 8.94. The number of amides is 2. The average molecular weight is 361 g/mol. The molecule has 7 nitrogen and oxygen atoms in total. The first kappa shape index (κ1) is 18.5. The quantitative estimate of drug-likeness (QED) is 0.723. The van der Waals surface area contributed by atoms with Crippen LogP contribution >= 0.6 is 0 Å². The van der Waals surface area contributed by atoms with E-state index in [1.54, 1.807) is 31.2 Å². The predicted octanol–water partition coefficient (Wildman–Crippen LogP) is 1.89. The van der Waals surface area contributed by atoms with Gasteiger partial charge in [-0.3, -0.25) is 25.2 Å². The van der Waals surface area contributed by atoms with Crippen molar-refractivity contribution < 1.29 is 18.0 Å². The highest BCUT2D eigenvalue weighted by Gasteiger charge is 2.19. The Balaban J connectivity index is 2.30. The second kappa shape index (κ2) is 7.35. The predicted molar refractivity (Wildman–Crippen MR) is 94.4 cm³/mol. The van der Waals surface area contributed by atoms with Gasteiger partial charge in [-0.2, -0.15) is 0 Å². The van der Waals surface area contributed by atoms with Gasteiger partial charge in [0.1, 0.15) is 0 Å². The van der Waals surface area contributed by atoms with Crippen molar-refractivity contribution in [2.24, 2.45) is 0 Å². The number of carbonyl (C=O) groups excluding carboxylic acids is 2. The van der Waals surface area contributed by atoms with Crippen LogP contribution in [0.5, 0.6) is 0 Å². The molecule has 0 aliphatic heterocycles. The van der Waals surface area contributed by atoms with Gasteiger partial charge in [0.05, 0.1) is 4.90 Å². The van der Waals surface area contributed by atoms with Gasteiger partial charge in [0.2, 0.25) is 5.91 Å². The third-order valence-electron chi connectivity index (χ3n) is 3.40. The van der Waals surface area contributed by atoms with Gasteiger partial charge in [-0.05, 0) is 43.7 Å². The van der Waals surface area contributed by atoms with Gasteiger partial charge in [0.15, 0.2) is 0 Å². The van der Waals surface area contributed by atoms with Crippen LogP contribution in [0.3, 0.4) is 0 Å². The number of sulfonamides is 1. The summed E-state index contributed by atoms with van der Waals surface area (Å²) in [5, 5.41) is 0. The minimum absolute atomic E-state index is 0.0106. The maximum absolute atomic E-state index is 12.6. The van der Waals surface area contributed by atoms with Gasteiger partial charge in [-0.25, -0.2) is 8.42 Å². The highest BCUT2D eigenvalue weighted by molar-refractivity contribution is 7.92. The van der Waals surface area contributed by atoms with E-state index in [9.17, 15) is 18.0 Å². The fraction of sp³-hybridized carbons (Fsp3) is 0.176. The second-order valence-corrected chi connectivity index (χ2v) is 7.24. The summed E-state index contributed by atoms with van der Waals surface area (Å²) in [7, 11) is -3.86. The van der Waals surface area contributed by atoms with E-state index in [0.717, 1.165) is 5.56 Å². The Morgan fingerprint density at radius 2 is 1.56 bits per heavy atom. The van der Waals surface area contributed by atoms with Crippen molar-refractivity contribution in [3.8, 4) is 0 Å². The Hall–Kier alpha value is -2.87. The zero-order valence-electron chi connectivity index (χ0n) is 14.1. The van der Waals surface area contributed by atoms with Crippen LogP contribution in [-0.2, 0) is 14.8 Å². The molecule has 0 atom stereocenters. The Morgan fingerprint density at radius 1 is 0.920 bits per heavy atom. The molecule has 0 unspecified atom stereocenters. The van der Waals surface area contributed by atoms with Crippen molar-refractivity contribution >= 4 is 27.5 Å². The lowest BCUT2D eigenvalue weighted by Crippen LogP contribution is -2.40. The largest absolute Gasteiger partial charge is 0.280 e. The van der Waals surface area contributed by atoms with Crippen molar-refractivity contribution in [1.82, 2.24) is 10.9 Å². The van der Waals surface area contributed by atoms with Gasteiger partial charge in [0.25, 0.3) is 15.9 Å². The van der Waals surface area contributed by atoms with Crippen LogP contribution in [0.4, 0.5) is 5.69 Å². The Bertz CT molecular complexity index is 906. The zero-order chi connectivity index (χ0) is 18.6. The minimum atomic E-state index is -3.86. The van der Waals surface area contributed by atoms with Crippen LogP contribution in [0.1, 0.15) is 28.4 Å². The number of benzene rings is 2. The number of nitrogens with one attached hydrogen (secondary N) is 3. The molecule has 3 N–H and O–H groups in total. The topological polar surface area (TPSA) is 104 Å². The lowest BCUT2D eigenvalue weighted by molar-refractivity contribution is -0.119. The van der Waals surface area contributed by atoms with E-state index < -0.39 is 21.8 Å². The molecule has 0 saturated heterocycles. The van der Waals surface area contributed by atoms with Crippen LogP contribution in [0.15, 0.2) is 47.4 Å². The Labute approximate surface area is 146 Å². The molecule has 0 aromatic heterocycles. The summed E-state index contributed by atoms with van der Waals surface area (Å²) in [6, 6.07) is 11.2. The molecule has 2 amide bonds. The number of hydrogen-bond acceptors (Lipinski definition) is 4. The summed E-state index contributed by atoms with van der Waals surface area (Å²) in [5.74, 6) is -1.05. The van der Waals surface area contributed by atoms with Crippen molar-refractivity contribution in [2.45, 2.75) is 25.7 Å². The molecular weight excluding hydrogens is 342 g/mol. The molecule has 0 aliphatic carbocycles. The van der Waals surface area contributed by atoms with E-state index in [1.807, 2.05) is 6.92 Å². The number of anilines is 1. The lowest BCUT2D eigenvalue weighted by Gasteiger charge is -2.12. The molecule has 8 heteroatoms. The third kappa shape index (κ3) is 4.80. The van der Waals surface area contributed by atoms with Crippen molar-refractivity contribution in [3.63, 3.8) is 0 Å². The van der Waals surface area contributed by atoms with Crippen LogP contribution in [0.2, 0.25) is 0 Å². The van der Waals surface area contributed by atoms with Crippen LogP contribution in [-0.4, -0.2) is 20.2 Å². The van der Waals surface area contributed by atoms with E-state index in [4.69, 9.17) is 0 Å². The first-order chi connectivity index (χ1) is 11.7. The fourth-order valence-electron chi connectivity index (χ4n) is 2.08. The van der Waals surface area contributed by atoms with Gasteiger partial charge in [-0.15, -0.1) is 0 Å². The van der Waals surface area contributed by atoms with Crippen LogP contribution in [0, 0.1) is 13.8 Å². The molecule has 0 saturated carbocycles. The number of hydrogen-bond donors (Lipinski definition) is 3. The molecule has 0 bridgehead atoms. The van der Waals surface area contributed by atoms with Crippen LogP contribution < -0.4 is 15.6 Å². The summed E-state index contributed by atoms with van der Waals surface area (Å²) in [6.07, 6.45) is 0. The van der Waals surface area contributed by atoms with E-state index >= 15 is 0 Å². The summed E-state index contributed by atoms with van der Waals surface area (Å²) >= 11 is 0. The Kier molecular flexibility index (Phi) is 5.43. The smallest absolute Gasteiger partial charge is 0.269 e. The first-order valence-electron chi connectivity index (χ1n) is 7.46. The highest BCUT2D eigenvalue weighted by Crippen LogP contribution is 2.21. The van der Waals surface area contributed by atoms with Crippen molar-refractivity contribution in [2.75, 3.05) is 4.72 Å². The van der Waals surface area contributed by atoms with Gasteiger partial charge in [0, 0.05) is 18.2 Å². The number of aryl methyl sites for hydroxylation is 2. The summed E-state index contributed by atoms with van der Waals surface area (Å²) in [6.45, 7) is 4.79. The fourth-order valence-corrected chi connectivity index (χ4v) is 3.41. The van der Waals surface area contributed by atoms with Crippen LogP contribution in [0.25, 0.3) is 0 Å². The Morgan fingerprint density at radius 3 is 2.16 bits per heavy atom. The molecule has 0 spiro atoms. The molecular formula is C17H19N3O4S. The SMILES string of the molecule is CC(=O)NNC(=O)c1ccc(C)c(S(=O)(=O)Nc2ccc(C)cc2)c1. The molecule has 0 aliphatic rings. The standard InChI is InChI=1S/C17H19N3O4S/c1-11-4-8-15(9-5-11)20-25(23,24)16-10-14(7-6-12(16)2)17(22)19-18-13(3)21/h4-10,20H,1-3H3,(H,18,21)(H,19,22). The third-order valence-corrected chi connectivity index (χ3v) is 4.92. The van der Waals surface area contributed by atoms with Gasteiger partial charge < -0.3 is 0 Å². The molecule has 132 valence electrons. The van der Waals surface area contributed by atoms with E-state index in [0.29, 0.717) is 11.3 Å². The summed E-state index contributed by atoms with van der Waals surface area (Å²) < 4.78 is 27.8. The molecule has 0 radical (unpaired) electrons. The minimum Gasteiger partial charge on any atom is -0.280 e. The van der Waals surface area contributed by atoms with E-state index in [-0.39, 0.29) is 10.5 Å². The number of carbonyl (C=O) groups is 2. The number of hydrazine groups is 1. The molecule has 2 aromatic carbocycles. The monoisotopic (exact) mass is 361 g/mol. The van der Waals surface area contributed by atoms with E-state index in [1.165, 1.54) is 25.1 Å². The molecule has 0 fully saturated rings. The molecule has 2 aromatic rings. The van der Waals surface area contributed by atoms with Crippen molar-refractivity contribution in [1.29, 1.82) is 0 Å². The second-order valence-electron chi connectivity index (χ2n) is 5.59. The normalized spacial score (nSPS) is 10.8. The lowest BCUT2D eigenvalue weighted by atomic mass is 10.1. The zero-order valence-corrected chi connectivity index (χ0v) is 14.9. The van der Waals surface area contributed by atoms with E-state index in [2.05, 4.69) is 15.6 Å². The van der Waals surface area contributed by atoms with Crippen molar-refractivity contribution in [3.05, 3.63) is 59.2 Å².